The number of benzene rings is 11. The van der Waals surface area contributed by atoms with Gasteiger partial charge in [-0.3, -0.25) is 4.57 Å². The number of fused-ring (bicyclic) bond motifs is 9. The van der Waals surface area contributed by atoms with Gasteiger partial charge in [-0.25, -0.2) is 4.98 Å². The molecule has 0 saturated heterocycles. The van der Waals surface area contributed by atoms with Gasteiger partial charge in [0, 0.05) is 54.6 Å². The third kappa shape index (κ3) is 7.07. The van der Waals surface area contributed by atoms with Crippen LogP contribution in [0, 0.1) is 0 Å². The molecule has 0 aliphatic rings. The summed E-state index contributed by atoms with van der Waals surface area (Å²) in [6.45, 7) is 0. The molecule has 0 unspecified atom stereocenters. The first-order valence-electron chi connectivity index (χ1n) is 25.3. The first kappa shape index (κ1) is 42.5. The van der Waals surface area contributed by atoms with Gasteiger partial charge >= 0.3 is 0 Å². The Hall–Kier alpha value is -10.2. The van der Waals surface area contributed by atoms with Gasteiger partial charge in [0.1, 0.15) is 11.2 Å². The molecule has 0 N–H and O–H groups in total. The van der Waals surface area contributed by atoms with Crippen molar-refractivity contribution in [2.24, 2.45) is 0 Å². The zero-order chi connectivity index (χ0) is 49.4. The average Bonchev–Trinajstić information content (AvgIpc) is 4.17. The van der Waals surface area contributed by atoms with Gasteiger partial charge in [0.25, 0.3) is 0 Å². The molecule has 15 aromatic rings. The van der Waals surface area contributed by atoms with Crippen LogP contribution >= 0.6 is 0 Å². The quantitative estimate of drug-likeness (QED) is 0.152. The SMILES string of the molecule is c1ccc(-c2cccc(-c3ccc(-n4c5ccccc5c5ccccc54)c(-c4ccc(-c5nc(-c6ccccc6)nc(-n6c7ccccc7c7cccc(-c8ccc9oc%10ccccc%10c9c8)c76)n5)cc4)c3)c2)cc1. The summed E-state index contributed by atoms with van der Waals surface area (Å²) >= 11 is 0. The molecule has 0 fully saturated rings. The molecule has 0 spiro atoms. The minimum Gasteiger partial charge on any atom is -0.456 e. The molecule has 75 heavy (non-hydrogen) atoms. The molecule has 15 rings (SSSR count). The van der Waals surface area contributed by atoms with Gasteiger partial charge in [-0.15, -0.1) is 0 Å². The largest absolute Gasteiger partial charge is 0.456 e. The fraction of sp³-hybridized carbons (Fsp3) is 0. The van der Waals surface area contributed by atoms with Gasteiger partial charge in [0.15, 0.2) is 11.6 Å². The lowest BCUT2D eigenvalue weighted by molar-refractivity contribution is 0.669. The van der Waals surface area contributed by atoms with Gasteiger partial charge in [-0.2, -0.15) is 9.97 Å². The van der Waals surface area contributed by atoms with Crippen LogP contribution in [0.2, 0.25) is 0 Å². The lowest BCUT2D eigenvalue weighted by Gasteiger charge is -2.17. The third-order valence-corrected chi connectivity index (χ3v) is 14.8. The summed E-state index contributed by atoms with van der Waals surface area (Å²) in [5.74, 6) is 1.71. The Bertz CT molecular complexity index is 4650. The number of hydrogen-bond acceptors (Lipinski definition) is 4. The van der Waals surface area contributed by atoms with Crippen LogP contribution in [0.4, 0.5) is 0 Å². The van der Waals surface area contributed by atoms with E-state index in [1.165, 1.54) is 21.9 Å². The molecular weight excluding hydrogens is 915 g/mol. The average molecular weight is 958 g/mol. The normalized spacial score (nSPS) is 11.7. The van der Waals surface area contributed by atoms with Gasteiger partial charge in [0.05, 0.1) is 27.8 Å². The molecule has 0 atom stereocenters. The fourth-order valence-electron chi connectivity index (χ4n) is 11.3. The minimum absolute atomic E-state index is 0.538. The highest BCUT2D eigenvalue weighted by Gasteiger charge is 2.22. The van der Waals surface area contributed by atoms with Gasteiger partial charge in [-0.05, 0) is 88.0 Å². The maximum atomic E-state index is 6.28. The molecule has 0 aliphatic carbocycles. The van der Waals surface area contributed by atoms with E-state index in [-0.39, 0.29) is 0 Å². The molecule has 4 heterocycles. The summed E-state index contributed by atoms with van der Waals surface area (Å²) in [6.07, 6.45) is 0. The second kappa shape index (κ2) is 17.3. The molecule has 350 valence electrons. The van der Waals surface area contributed by atoms with Crippen LogP contribution in [0.5, 0.6) is 0 Å². The number of hydrogen-bond donors (Lipinski definition) is 0. The predicted molar refractivity (Wildman–Crippen MR) is 308 cm³/mol. The van der Waals surface area contributed by atoms with Gasteiger partial charge < -0.3 is 8.98 Å². The highest BCUT2D eigenvalue weighted by molar-refractivity contribution is 6.15. The second-order valence-corrected chi connectivity index (χ2v) is 19.1. The molecule has 6 heteroatoms. The van der Waals surface area contributed by atoms with E-state index >= 15 is 0 Å². The number of para-hydroxylation sites is 5. The summed E-state index contributed by atoms with van der Waals surface area (Å²) < 4.78 is 10.9. The Kier molecular flexibility index (Phi) is 9.78. The lowest BCUT2D eigenvalue weighted by Crippen LogP contribution is -2.07. The summed E-state index contributed by atoms with van der Waals surface area (Å²) in [5.41, 5.74) is 17.9. The highest BCUT2D eigenvalue weighted by Crippen LogP contribution is 2.42. The standard InChI is InChI=1S/C69H43N5O/c1-3-17-44(18-4-1)48-21-15-22-49(41-48)50-37-39-63(73-60-29-11-7-23-53(60)54-24-8-12-30-61(54)73)58(42-50)45-33-35-47(36-34-45)68-70-67(46-19-5-2-6-20-46)71-69(72-68)74-62-31-13-9-25-55(62)57-28-16-27-52(66(57)74)51-38-40-65-59(43-51)56-26-10-14-32-64(56)75-65/h1-43H. The van der Waals surface area contributed by atoms with Crippen molar-refractivity contribution >= 4 is 65.6 Å². The van der Waals surface area contributed by atoms with Crippen LogP contribution in [0.25, 0.3) is 144 Å². The Labute approximate surface area is 431 Å². The van der Waals surface area contributed by atoms with Crippen molar-refractivity contribution in [3.05, 3.63) is 261 Å². The first-order chi connectivity index (χ1) is 37.2. The van der Waals surface area contributed by atoms with E-state index in [9.17, 15) is 0 Å². The van der Waals surface area contributed by atoms with E-state index in [0.29, 0.717) is 17.6 Å². The third-order valence-electron chi connectivity index (χ3n) is 14.8. The van der Waals surface area contributed by atoms with Crippen molar-refractivity contribution in [3.8, 4) is 78.9 Å². The summed E-state index contributed by atoms with van der Waals surface area (Å²) in [7, 11) is 0. The van der Waals surface area contributed by atoms with E-state index in [2.05, 4.69) is 240 Å². The molecule has 4 aromatic heterocycles. The maximum absolute atomic E-state index is 6.28. The van der Waals surface area contributed by atoms with Crippen LogP contribution in [-0.2, 0) is 0 Å². The molecule has 11 aromatic carbocycles. The van der Waals surface area contributed by atoms with Gasteiger partial charge in [-0.1, -0.05) is 206 Å². The van der Waals surface area contributed by atoms with E-state index in [4.69, 9.17) is 19.4 Å². The van der Waals surface area contributed by atoms with Crippen molar-refractivity contribution in [2.45, 2.75) is 0 Å². The van der Waals surface area contributed by atoms with E-state index < -0.39 is 0 Å². The van der Waals surface area contributed by atoms with Crippen LogP contribution in [-0.4, -0.2) is 24.1 Å². The Morgan fingerprint density at radius 2 is 0.747 bits per heavy atom. The Morgan fingerprint density at radius 3 is 1.45 bits per heavy atom. The zero-order valence-corrected chi connectivity index (χ0v) is 40.5. The van der Waals surface area contributed by atoms with E-state index in [0.717, 1.165) is 105 Å². The monoisotopic (exact) mass is 957 g/mol. The number of furan rings is 1. The van der Waals surface area contributed by atoms with Crippen molar-refractivity contribution < 1.29 is 4.42 Å². The smallest absolute Gasteiger partial charge is 0.238 e. The van der Waals surface area contributed by atoms with E-state index in [1.54, 1.807) is 0 Å². The lowest BCUT2D eigenvalue weighted by atomic mass is 9.94. The van der Waals surface area contributed by atoms with Crippen LogP contribution < -0.4 is 0 Å². The molecule has 6 nitrogen and oxygen atoms in total. The van der Waals surface area contributed by atoms with Crippen LogP contribution in [0.3, 0.4) is 0 Å². The predicted octanol–water partition coefficient (Wildman–Crippen LogP) is 18.0. The number of nitrogens with zero attached hydrogens (tertiary/aromatic N) is 5. The van der Waals surface area contributed by atoms with Crippen molar-refractivity contribution in [2.75, 3.05) is 0 Å². The molecule has 0 radical (unpaired) electrons. The molecule has 0 saturated carbocycles. The topological polar surface area (TPSA) is 61.7 Å². The summed E-state index contributed by atoms with van der Waals surface area (Å²) in [6, 6.07) is 92.5. The number of aromatic nitrogens is 5. The fourth-order valence-corrected chi connectivity index (χ4v) is 11.3. The van der Waals surface area contributed by atoms with Crippen LogP contribution in [0.15, 0.2) is 265 Å². The second-order valence-electron chi connectivity index (χ2n) is 19.1. The Morgan fingerprint density at radius 1 is 0.267 bits per heavy atom. The van der Waals surface area contributed by atoms with Crippen molar-refractivity contribution in [3.63, 3.8) is 0 Å². The zero-order valence-electron chi connectivity index (χ0n) is 40.5. The maximum Gasteiger partial charge on any atom is 0.238 e. The first-order valence-corrected chi connectivity index (χ1v) is 25.3. The Balaban J connectivity index is 0.912. The summed E-state index contributed by atoms with van der Waals surface area (Å²) in [5, 5.41) is 6.83. The van der Waals surface area contributed by atoms with Gasteiger partial charge in [0.2, 0.25) is 5.95 Å². The molecular formula is C69H43N5O. The highest BCUT2D eigenvalue weighted by atomic mass is 16.3. The van der Waals surface area contributed by atoms with E-state index in [1.807, 2.05) is 30.3 Å². The molecule has 0 bridgehead atoms. The molecule has 0 amide bonds. The number of rotatable bonds is 8. The van der Waals surface area contributed by atoms with Crippen molar-refractivity contribution in [1.29, 1.82) is 0 Å². The minimum atomic E-state index is 0.538. The van der Waals surface area contributed by atoms with Crippen LogP contribution in [0.1, 0.15) is 0 Å². The van der Waals surface area contributed by atoms with Crippen molar-refractivity contribution in [1.82, 2.24) is 24.1 Å². The molecule has 0 aliphatic heterocycles. The summed E-state index contributed by atoms with van der Waals surface area (Å²) in [4.78, 5) is 16.0.